The van der Waals surface area contributed by atoms with Crippen LogP contribution in [0.3, 0.4) is 0 Å². The van der Waals surface area contributed by atoms with Gasteiger partial charge in [-0.25, -0.2) is 0 Å². The first-order chi connectivity index (χ1) is 12.9. The summed E-state index contributed by atoms with van der Waals surface area (Å²) in [7, 11) is 0. The van der Waals surface area contributed by atoms with Crippen LogP contribution in [0.1, 0.15) is 49.7 Å². The number of nitrogens with zero attached hydrogens (tertiary/aromatic N) is 1. The van der Waals surface area contributed by atoms with E-state index in [0.717, 1.165) is 44.3 Å². The van der Waals surface area contributed by atoms with E-state index in [1.54, 1.807) is 13.0 Å². The molecule has 0 radical (unpaired) electrons. The van der Waals surface area contributed by atoms with Gasteiger partial charge >= 0.3 is 12.1 Å². The van der Waals surface area contributed by atoms with Gasteiger partial charge < -0.3 is 15.0 Å². The Balaban J connectivity index is 1.91. The highest BCUT2D eigenvalue weighted by atomic mass is 19.4. The van der Waals surface area contributed by atoms with Crippen molar-refractivity contribution in [2.75, 3.05) is 37.7 Å². The Labute approximate surface area is 158 Å². The SMILES string of the molecule is CCOC(=O)[C@H]1CCCN(c2cc(C(F)(F)F)ccc2C2CCNCC2)C1. The van der Waals surface area contributed by atoms with E-state index in [-0.39, 0.29) is 17.8 Å². The van der Waals surface area contributed by atoms with Gasteiger partial charge in [-0.3, -0.25) is 4.79 Å². The Kier molecular flexibility index (Phi) is 6.29. The topological polar surface area (TPSA) is 41.6 Å². The van der Waals surface area contributed by atoms with Crippen LogP contribution in [-0.2, 0) is 15.7 Å². The van der Waals surface area contributed by atoms with E-state index in [1.807, 2.05) is 4.90 Å². The van der Waals surface area contributed by atoms with Crippen LogP contribution in [-0.4, -0.2) is 38.8 Å². The van der Waals surface area contributed by atoms with Crippen LogP contribution in [0.2, 0.25) is 0 Å². The summed E-state index contributed by atoms with van der Waals surface area (Å²) in [5, 5.41) is 3.30. The summed E-state index contributed by atoms with van der Waals surface area (Å²) in [6, 6.07) is 4.10. The number of rotatable bonds is 4. The van der Waals surface area contributed by atoms with Crippen LogP contribution in [0.25, 0.3) is 0 Å². The van der Waals surface area contributed by atoms with Crippen molar-refractivity contribution in [2.24, 2.45) is 5.92 Å². The van der Waals surface area contributed by atoms with Crippen molar-refractivity contribution in [3.8, 4) is 0 Å². The number of hydrogen-bond acceptors (Lipinski definition) is 4. The van der Waals surface area contributed by atoms with Crippen LogP contribution < -0.4 is 10.2 Å². The van der Waals surface area contributed by atoms with E-state index < -0.39 is 11.7 Å². The number of esters is 1. The number of ether oxygens (including phenoxy) is 1. The highest BCUT2D eigenvalue weighted by Crippen LogP contribution is 2.39. The standard InChI is InChI=1S/C20H27F3N2O2/c1-2-27-19(26)15-4-3-11-25(13-15)18-12-16(20(21,22)23)5-6-17(18)14-7-9-24-10-8-14/h5-6,12,14-15,24H,2-4,7-11,13H2,1H3/t15-/m0/s1. The molecule has 0 unspecified atom stereocenters. The molecule has 0 saturated carbocycles. The van der Waals surface area contributed by atoms with Gasteiger partial charge in [-0.2, -0.15) is 13.2 Å². The fourth-order valence-corrected chi connectivity index (χ4v) is 4.12. The molecule has 2 saturated heterocycles. The maximum absolute atomic E-state index is 13.3. The predicted octanol–water partition coefficient (Wildman–Crippen LogP) is 3.95. The van der Waals surface area contributed by atoms with Crippen molar-refractivity contribution < 1.29 is 22.7 Å². The summed E-state index contributed by atoms with van der Waals surface area (Å²) in [5.74, 6) is -0.293. The van der Waals surface area contributed by atoms with E-state index in [2.05, 4.69) is 5.32 Å². The third-order valence-electron chi connectivity index (χ3n) is 5.52. The van der Waals surface area contributed by atoms with Gasteiger partial charge in [0, 0.05) is 18.8 Å². The van der Waals surface area contributed by atoms with Crippen LogP contribution in [0.15, 0.2) is 18.2 Å². The van der Waals surface area contributed by atoms with Crippen molar-refractivity contribution in [1.82, 2.24) is 5.32 Å². The molecule has 1 N–H and O–H groups in total. The van der Waals surface area contributed by atoms with Gasteiger partial charge in [0.2, 0.25) is 0 Å². The second kappa shape index (κ2) is 8.50. The van der Waals surface area contributed by atoms with Crippen molar-refractivity contribution in [3.05, 3.63) is 29.3 Å². The molecular weight excluding hydrogens is 357 g/mol. The zero-order valence-corrected chi connectivity index (χ0v) is 15.6. The summed E-state index contributed by atoms with van der Waals surface area (Å²) >= 11 is 0. The third kappa shape index (κ3) is 4.75. The molecule has 1 aromatic rings. The first-order valence-corrected chi connectivity index (χ1v) is 9.73. The minimum Gasteiger partial charge on any atom is -0.466 e. The first-order valence-electron chi connectivity index (χ1n) is 9.73. The molecule has 2 aliphatic rings. The van der Waals surface area contributed by atoms with E-state index in [9.17, 15) is 18.0 Å². The molecule has 0 aliphatic carbocycles. The summed E-state index contributed by atoms with van der Waals surface area (Å²) in [4.78, 5) is 14.1. The second-order valence-corrected chi connectivity index (χ2v) is 7.33. The molecular formula is C20H27F3N2O2. The Morgan fingerprint density at radius 1 is 1.26 bits per heavy atom. The fourth-order valence-electron chi connectivity index (χ4n) is 4.12. The minimum absolute atomic E-state index is 0.242. The van der Waals surface area contributed by atoms with E-state index in [4.69, 9.17) is 4.74 Å². The number of anilines is 1. The molecule has 2 aliphatic heterocycles. The highest BCUT2D eigenvalue weighted by Gasteiger charge is 2.34. The highest BCUT2D eigenvalue weighted by molar-refractivity contribution is 5.74. The van der Waals surface area contributed by atoms with Gasteiger partial charge in [0.25, 0.3) is 0 Å². The van der Waals surface area contributed by atoms with Crippen LogP contribution >= 0.6 is 0 Å². The molecule has 150 valence electrons. The number of hydrogen-bond donors (Lipinski definition) is 1. The number of carbonyl (C=O) groups excluding carboxylic acids is 1. The number of carbonyl (C=O) groups is 1. The summed E-state index contributed by atoms with van der Waals surface area (Å²) in [6.45, 7) is 4.90. The van der Waals surface area contributed by atoms with Gasteiger partial charge in [-0.05, 0) is 69.3 Å². The molecule has 0 aromatic heterocycles. The minimum atomic E-state index is -4.38. The van der Waals surface area contributed by atoms with Crippen LogP contribution in [0.5, 0.6) is 0 Å². The number of piperidine rings is 2. The largest absolute Gasteiger partial charge is 0.466 e. The van der Waals surface area contributed by atoms with Gasteiger partial charge in [-0.15, -0.1) is 0 Å². The Morgan fingerprint density at radius 3 is 2.67 bits per heavy atom. The van der Waals surface area contributed by atoms with E-state index in [1.165, 1.54) is 12.1 Å². The van der Waals surface area contributed by atoms with Crippen molar-refractivity contribution in [1.29, 1.82) is 0 Å². The van der Waals surface area contributed by atoms with Crippen LogP contribution in [0, 0.1) is 5.92 Å². The van der Waals surface area contributed by atoms with Crippen molar-refractivity contribution in [3.63, 3.8) is 0 Å². The molecule has 1 aromatic carbocycles. The average Bonchev–Trinajstić information content (AvgIpc) is 2.68. The molecule has 7 heteroatoms. The van der Waals surface area contributed by atoms with Gasteiger partial charge in [0.05, 0.1) is 18.1 Å². The average molecular weight is 384 g/mol. The number of nitrogens with one attached hydrogen (secondary N) is 1. The molecule has 3 rings (SSSR count). The van der Waals surface area contributed by atoms with Gasteiger partial charge in [-0.1, -0.05) is 6.07 Å². The van der Waals surface area contributed by atoms with Gasteiger partial charge in [0.15, 0.2) is 0 Å². The lowest BCUT2D eigenvalue weighted by Gasteiger charge is -2.36. The van der Waals surface area contributed by atoms with E-state index in [0.29, 0.717) is 25.4 Å². The maximum atomic E-state index is 13.3. The molecule has 4 nitrogen and oxygen atoms in total. The molecule has 27 heavy (non-hydrogen) atoms. The molecule has 2 fully saturated rings. The number of alkyl halides is 3. The predicted molar refractivity (Wildman–Crippen MR) is 97.9 cm³/mol. The number of benzene rings is 1. The zero-order chi connectivity index (χ0) is 19.4. The Morgan fingerprint density at radius 2 is 2.00 bits per heavy atom. The van der Waals surface area contributed by atoms with Crippen LogP contribution in [0.4, 0.5) is 18.9 Å². The molecule has 1 atom stereocenters. The quantitative estimate of drug-likeness (QED) is 0.798. The smallest absolute Gasteiger partial charge is 0.416 e. The second-order valence-electron chi connectivity index (χ2n) is 7.33. The van der Waals surface area contributed by atoms with Crippen molar-refractivity contribution in [2.45, 2.75) is 44.7 Å². The first kappa shape index (κ1) is 20.0. The van der Waals surface area contributed by atoms with Crippen molar-refractivity contribution >= 4 is 11.7 Å². The molecule has 0 amide bonds. The monoisotopic (exact) mass is 384 g/mol. The summed E-state index contributed by atoms with van der Waals surface area (Å²) < 4.78 is 45.1. The summed E-state index contributed by atoms with van der Waals surface area (Å²) in [6.07, 6.45) is -1.07. The fraction of sp³-hybridized carbons (Fsp3) is 0.650. The molecule has 2 heterocycles. The number of halogens is 3. The lowest BCUT2D eigenvalue weighted by molar-refractivity contribution is -0.148. The molecule has 0 bridgehead atoms. The molecule has 0 spiro atoms. The zero-order valence-electron chi connectivity index (χ0n) is 15.6. The van der Waals surface area contributed by atoms with E-state index >= 15 is 0 Å². The van der Waals surface area contributed by atoms with Gasteiger partial charge in [0.1, 0.15) is 0 Å². The lowest BCUT2D eigenvalue weighted by atomic mass is 9.87. The Hall–Kier alpha value is -1.76. The summed E-state index contributed by atoms with van der Waals surface area (Å²) in [5.41, 5.74) is 0.966. The normalized spacial score (nSPS) is 21.9. The Bertz CT molecular complexity index is 657. The third-order valence-corrected chi connectivity index (χ3v) is 5.52. The lowest BCUT2D eigenvalue weighted by Crippen LogP contribution is -2.40. The maximum Gasteiger partial charge on any atom is 0.416 e.